The van der Waals surface area contributed by atoms with Crippen LogP contribution in [0.15, 0.2) is 78.2 Å². The second-order valence-corrected chi connectivity index (χ2v) is 8.16. The lowest BCUT2D eigenvalue weighted by Crippen LogP contribution is -2.16. The third-order valence-corrected chi connectivity index (χ3v) is 5.61. The summed E-state index contributed by atoms with van der Waals surface area (Å²) in [6, 6.07) is 19.3. The van der Waals surface area contributed by atoms with Gasteiger partial charge in [0, 0.05) is 29.5 Å². The van der Waals surface area contributed by atoms with Crippen LogP contribution in [0.4, 0.5) is 5.69 Å². The van der Waals surface area contributed by atoms with E-state index in [2.05, 4.69) is 15.5 Å². The van der Waals surface area contributed by atoms with Crippen molar-refractivity contribution in [3.63, 3.8) is 0 Å². The molecule has 0 aliphatic carbocycles. The molecule has 8 heteroatoms. The Morgan fingerprint density at radius 2 is 1.73 bits per heavy atom. The van der Waals surface area contributed by atoms with Gasteiger partial charge in [-0.1, -0.05) is 53.2 Å². The second kappa shape index (κ2) is 9.19. The molecule has 0 saturated carbocycles. The minimum absolute atomic E-state index is 0.0924. The molecule has 0 fully saturated rings. The summed E-state index contributed by atoms with van der Waals surface area (Å²) in [4.78, 5) is 12.4. The third kappa shape index (κ3) is 4.93. The zero-order valence-electron chi connectivity index (χ0n) is 16.3. The Morgan fingerprint density at radius 1 is 1.03 bits per heavy atom. The van der Waals surface area contributed by atoms with Crippen LogP contribution in [0.25, 0.3) is 0 Å². The normalized spacial score (nSPS) is 10.9. The summed E-state index contributed by atoms with van der Waals surface area (Å²) in [5.41, 5.74) is 3.01. The van der Waals surface area contributed by atoms with E-state index in [9.17, 15) is 4.79 Å². The van der Waals surface area contributed by atoms with E-state index < -0.39 is 0 Å². The third-order valence-electron chi connectivity index (χ3n) is 4.44. The average Bonchev–Trinajstić information content (AvgIpc) is 3.39. The first kappa shape index (κ1) is 20.3. The lowest BCUT2D eigenvalue weighted by atomic mass is 10.1. The van der Waals surface area contributed by atoms with Crippen LogP contribution in [0.1, 0.15) is 17.0 Å². The number of carbonyl (C=O) groups excluding carboxylic acids is 1. The molecule has 2 aromatic heterocycles. The molecule has 0 aliphatic heterocycles. The Labute approximate surface area is 183 Å². The fraction of sp³-hybridized carbons (Fsp3) is 0.136. The van der Waals surface area contributed by atoms with Crippen LogP contribution in [-0.4, -0.2) is 31.2 Å². The van der Waals surface area contributed by atoms with Gasteiger partial charge >= 0.3 is 0 Å². The molecular weight excluding hydrogens is 418 g/mol. The Hall–Kier alpha value is -3.03. The number of hydrogen-bond acceptors (Lipinski definition) is 4. The minimum Gasteiger partial charge on any atom is -0.325 e. The van der Waals surface area contributed by atoms with Crippen LogP contribution < -0.4 is 5.32 Å². The van der Waals surface area contributed by atoms with Gasteiger partial charge in [0.2, 0.25) is 11.1 Å². The number of amides is 1. The zero-order valence-corrected chi connectivity index (χ0v) is 17.9. The molecule has 1 N–H and O–H groups in total. The number of anilines is 1. The lowest BCUT2D eigenvalue weighted by molar-refractivity contribution is -0.113. The van der Waals surface area contributed by atoms with Gasteiger partial charge in [0.15, 0.2) is 5.82 Å². The van der Waals surface area contributed by atoms with Crippen molar-refractivity contribution in [3.8, 4) is 0 Å². The highest BCUT2D eigenvalue weighted by Gasteiger charge is 2.16. The largest absolute Gasteiger partial charge is 0.325 e. The predicted octanol–water partition coefficient (Wildman–Crippen LogP) is 4.67. The smallest absolute Gasteiger partial charge is 0.234 e. The van der Waals surface area contributed by atoms with Crippen molar-refractivity contribution in [2.24, 2.45) is 0 Å². The molecule has 0 atom stereocenters. The van der Waals surface area contributed by atoms with E-state index in [4.69, 9.17) is 11.6 Å². The summed E-state index contributed by atoms with van der Waals surface area (Å²) in [5, 5.41) is 12.9. The summed E-state index contributed by atoms with van der Waals surface area (Å²) in [6.07, 6.45) is 4.44. The highest BCUT2D eigenvalue weighted by atomic mass is 35.5. The summed E-state index contributed by atoms with van der Waals surface area (Å²) in [6.45, 7) is 2.01. The van der Waals surface area contributed by atoms with E-state index in [1.54, 1.807) is 0 Å². The van der Waals surface area contributed by atoms with Crippen molar-refractivity contribution in [1.29, 1.82) is 0 Å². The molecule has 4 aromatic rings. The number of benzene rings is 2. The first-order chi connectivity index (χ1) is 14.6. The van der Waals surface area contributed by atoms with E-state index in [1.807, 2.05) is 89.3 Å². The number of nitrogens with one attached hydrogen (secondary N) is 1. The van der Waals surface area contributed by atoms with Crippen LogP contribution in [-0.2, 0) is 11.2 Å². The van der Waals surface area contributed by atoms with E-state index in [1.165, 1.54) is 11.8 Å². The molecule has 0 unspecified atom stereocenters. The van der Waals surface area contributed by atoms with Gasteiger partial charge in [-0.15, -0.1) is 10.2 Å². The first-order valence-electron chi connectivity index (χ1n) is 9.40. The predicted molar refractivity (Wildman–Crippen MR) is 120 cm³/mol. The van der Waals surface area contributed by atoms with Gasteiger partial charge in [0.05, 0.1) is 5.75 Å². The maximum absolute atomic E-state index is 12.4. The van der Waals surface area contributed by atoms with Crippen molar-refractivity contribution in [1.82, 2.24) is 19.5 Å². The fourth-order valence-corrected chi connectivity index (χ4v) is 3.81. The molecule has 2 aromatic carbocycles. The van der Waals surface area contributed by atoms with Crippen LogP contribution in [0.2, 0.25) is 5.02 Å². The molecule has 30 heavy (non-hydrogen) atoms. The van der Waals surface area contributed by atoms with Crippen molar-refractivity contribution in [2.75, 3.05) is 11.1 Å². The van der Waals surface area contributed by atoms with Gasteiger partial charge in [-0.25, -0.2) is 4.68 Å². The molecular formula is C22H20ClN5OS. The van der Waals surface area contributed by atoms with Gasteiger partial charge in [-0.2, -0.15) is 0 Å². The van der Waals surface area contributed by atoms with Crippen molar-refractivity contribution >= 4 is 35.0 Å². The number of halogens is 1. The topological polar surface area (TPSA) is 64.7 Å². The number of thioether (sulfide) groups is 1. The van der Waals surface area contributed by atoms with Gasteiger partial charge < -0.3 is 5.32 Å². The molecule has 0 bridgehead atoms. The standard InChI is InChI=1S/C22H20ClN5OS/c1-16-4-10-19(11-5-16)24-21(29)15-30-22-26-25-20(28(22)27-12-2-3-13-27)14-17-6-8-18(23)9-7-17/h2-13H,14-15H2,1H3,(H,24,29). The molecule has 0 saturated heterocycles. The zero-order chi connectivity index (χ0) is 20.9. The Balaban J connectivity index is 1.50. The number of hydrogen-bond donors (Lipinski definition) is 1. The van der Waals surface area contributed by atoms with Gasteiger partial charge in [0.25, 0.3) is 0 Å². The molecule has 6 nitrogen and oxygen atoms in total. The lowest BCUT2D eigenvalue weighted by Gasteiger charge is -2.11. The summed E-state index contributed by atoms with van der Waals surface area (Å²) < 4.78 is 3.82. The van der Waals surface area contributed by atoms with Crippen LogP contribution in [0.3, 0.4) is 0 Å². The second-order valence-electron chi connectivity index (χ2n) is 6.78. The highest BCUT2D eigenvalue weighted by Crippen LogP contribution is 2.21. The molecule has 0 radical (unpaired) electrons. The van der Waals surface area contributed by atoms with Crippen LogP contribution >= 0.6 is 23.4 Å². The van der Waals surface area contributed by atoms with Crippen molar-refractivity contribution < 1.29 is 4.79 Å². The Bertz CT molecular complexity index is 1120. The number of carbonyl (C=O) groups is 1. The van der Waals surface area contributed by atoms with E-state index in [-0.39, 0.29) is 11.7 Å². The Kier molecular flexibility index (Phi) is 6.21. The molecule has 1 amide bonds. The molecule has 4 rings (SSSR count). The maximum atomic E-state index is 12.4. The maximum Gasteiger partial charge on any atom is 0.234 e. The van der Waals surface area contributed by atoms with Gasteiger partial charge in [0.1, 0.15) is 0 Å². The number of nitrogens with zero attached hydrogens (tertiary/aromatic N) is 4. The van der Waals surface area contributed by atoms with Crippen molar-refractivity contribution in [3.05, 3.63) is 95.0 Å². The highest BCUT2D eigenvalue weighted by molar-refractivity contribution is 7.99. The number of rotatable bonds is 7. The van der Waals surface area contributed by atoms with E-state index >= 15 is 0 Å². The average molecular weight is 438 g/mol. The SMILES string of the molecule is Cc1ccc(NC(=O)CSc2nnc(Cc3ccc(Cl)cc3)n2-n2cccc2)cc1. The fourth-order valence-electron chi connectivity index (χ4n) is 2.94. The van der Waals surface area contributed by atoms with Crippen molar-refractivity contribution in [2.45, 2.75) is 18.5 Å². The summed E-state index contributed by atoms with van der Waals surface area (Å²) >= 11 is 7.33. The number of aryl methyl sites for hydroxylation is 1. The van der Waals surface area contributed by atoms with E-state index in [0.29, 0.717) is 16.6 Å². The molecule has 0 spiro atoms. The quantitative estimate of drug-likeness (QED) is 0.426. The van der Waals surface area contributed by atoms with E-state index in [0.717, 1.165) is 22.6 Å². The van der Waals surface area contributed by atoms with Gasteiger partial charge in [-0.3, -0.25) is 9.47 Å². The Morgan fingerprint density at radius 3 is 2.43 bits per heavy atom. The number of aromatic nitrogens is 4. The minimum atomic E-state index is -0.0924. The van der Waals surface area contributed by atoms with Crippen LogP contribution in [0, 0.1) is 6.92 Å². The first-order valence-corrected chi connectivity index (χ1v) is 10.8. The van der Waals surface area contributed by atoms with Crippen LogP contribution in [0.5, 0.6) is 0 Å². The molecule has 2 heterocycles. The monoisotopic (exact) mass is 437 g/mol. The van der Waals surface area contributed by atoms with Gasteiger partial charge in [-0.05, 0) is 48.9 Å². The molecule has 0 aliphatic rings. The summed E-state index contributed by atoms with van der Waals surface area (Å²) in [5.74, 6) is 0.911. The summed E-state index contributed by atoms with van der Waals surface area (Å²) in [7, 11) is 0. The molecule has 152 valence electrons.